The molecule has 1 rings (SSSR count). The van der Waals surface area contributed by atoms with Crippen LogP contribution in [0.15, 0.2) is 0 Å². The van der Waals surface area contributed by atoms with Crippen LogP contribution in [0, 0.1) is 5.92 Å². The van der Waals surface area contributed by atoms with Gasteiger partial charge in [0.15, 0.2) is 0 Å². The Morgan fingerprint density at radius 1 is 1.31 bits per heavy atom. The van der Waals surface area contributed by atoms with Crippen LogP contribution in [0.3, 0.4) is 0 Å². The van der Waals surface area contributed by atoms with Crippen LogP contribution >= 0.6 is 11.5 Å². The SMILES string of the molecule is CCc1nnsc1C(CC(CC)CC)NN. The van der Waals surface area contributed by atoms with Gasteiger partial charge in [-0.25, -0.2) is 0 Å². The van der Waals surface area contributed by atoms with Gasteiger partial charge in [-0.1, -0.05) is 38.1 Å². The summed E-state index contributed by atoms with van der Waals surface area (Å²) in [6.45, 7) is 6.56. The normalized spacial score (nSPS) is 13.3. The number of aryl methyl sites for hydroxylation is 1. The van der Waals surface area contributed by atoms with E-state index in [9.17, 15) is 0 Å². The van der Waals surface area contributed by atoms with Crippen LogP contribution in [0.1, 0.15) is 56.6 Å². The molecule has 1 aromatic heterocycles. The molecule has 0 aliphatic rings. The van der Waals surface area contributed by atoms with Gasteiger partial charge in [-0.15, -0.1) is 5.10 Å². The molecule has 16 heavy (non-hydrogen) atoms. The Kier molecular flexibility index (Phi) is 5.87. The number of aromatic nitrogens is 2. The molecule has 0 aliphatic heterocycles. The van der Waals surface area contributed by atoms with Crippen molar-refractivity contribution >= 4 is 11.5 Å². The number of rotatable bonds is 7. The highest BCUT2D eigenvalue weighted by Gasteiger charge is 2.20. The number of hydrazine groups is 1. The Morgan fingerprint density at radius 2 is 2.00 bits per heavy atom. The van der Waals surface area contributed by atoms with Crippen molar-refractivity contribution < 1.29 is 0 Å². The summed E-state index contributed by atoms with van der Waals surface area (Å²) >= 11 is 1.47. The maximum absolute atomic E-state index is 5.65. The van der Waals surface area contributed by atoms with E-state index in [2.05, 4.69) is 35.8 Å². The fourth-order valence-electron chi connectivity index (χ4n) is 1.93. The predicted octanol–water partition coefficient (Wildman–Crippen LogP) is 2.43. The van der Waals surface area contributed by atoms with E-state index in [1.54, 1.807) is 0 Å². The first kappa shape index (κ1) is 13.5. The molecule has 1 atom stereocenters. The summed E-state index contributed by atoms with van der Waals surface area (Å²) in [6, 6.07) is 0.208. The van der Waals surface area contributed by atoms with Crippen LogP contribution in [0.25, 0.3) is 0 Å². The molecule has 0 aliphatic carbocycles. The second-order valence-corrected chi connectivity index (χ2v) is 4.86. The molecule has 0 spiro atoms. The van der Waals surface area contributed by atoms with Crippen LogP contribution in [0.5, 0.6) is 0 Å². The zero-order valence-corrected chi connectivity index (χ0v) is 11.2. The van der Waals surface area contributed by atoms with Gasteiger partial charge in [0, 0.05) is 0 Å². The topological polar surface area (TPSA) is 63.8 Å². The van der Waals surface area contributed by atoms with Crippen molar-refractivity contribution in [3.63, 3.8) is 0 Å². The van der Waals surface area contributed by atoms with Crippen molar-refractivity contribution in [3.05, 3.63) is 10.6 Å². The molecule has 0 saturated carbocycles. The fourth-order valence-corrected chi connectivity index (χ4v) is 2.74. The maximum atomic E-state index is 5.65. The Hall–Kier alpha value is -0.520. The molecule has 3 N–H and O–H groups in total. The summed E-state index contributed by atoms with van der Waals surface area (Å²) in [5.74, 6) is 6.36. The molecule has 1 heterocycles. The van der Waals surface area contributed by atoms with Crippen LogP contribution < -0.4 is 11.3 Å². The average Bonchev–Trinajstić information content (AvgIpc) is 2.79. The quantitative estimate of drug-likeness (QED) is 0.569. The molecule has 0 radical (unpaired) electrons. The first-order chi connectivity index (χ1) is 7.76. The van der Waals surface area contributed by atoms with Crippen LogP contribution in [0.4, 0.5) is 0 Å². The van der Waals surface area contributed by atoms with Gasteiger partial charge in [-0.2, -0.15) is 0 Å². The first-order valence-electron chi connectivity index (χ1n) is 6.03. The molecule has 92 valence electrons. The molecular weight excluding hydrogens is 220 g/mol. The van der Waals surface area contributed by atoms with E-state index < -0.39 is 0 Å². The lowest BCUT2D eigenvalue weighted by Gasteiger charge is -2.20. The summed E-state index contributed by atoms with van der Waals surface area (Å²) in [7, 11) is 0. The van der Waals surface area contributed by atoms with E-state index in [1.807, 2.05) is 0 Å². The zero-order valence-electron chi connectivity index (χ0n) is 10.4. The smallest absolute Gasteiger partial charge is 0.0801 e. The van der Waals surface area contributed by atoms with Crippen LogP contribution in [0.2, 0.25) is 0 Å². The summed E-state index contributed by atoms with van der Waals surface area (Å²) in [5, 5.41) is 4.14. The van der Waals surface area contributed by atoms with Crippen LogP contribution in [-0.2, 0) is 6.42 Å². The van der Waals surface area contributed by atoms with Crippen molar-refractivity contribution in [1.29, 1.82) is 0 Å². The van der Waals surface area contributed by atoms with Crippen molar-refractivity contribution in [2.45, 2.75) is 52.5 Å². The Bertz CT molecular complexity index is 296. The molecule has 0 saturated heterocycles. The third-order valence-electron chi connectivity index (χ3n) is 3.16. The molecular formula is C11H22N4S. The highest BCUT2D eigenvalue weighted by molar-refractivity contribution is 7.05. The van der Waals surface area contributed by atoms with E-state index in [4.69, 9.17) is 5.84 Å². The minimum Gasteiger partial charge on any atom is -0.271 e. The molecule has 1 aromatic rings. The number of nitrogens with two attached hydrogens (primary N) is 1. The summed E-state index contributed by atoms with van der Waals surface area (Å²) in [6.07, 6.45) is 4.39. The molecule has 0 bridgehead atoms. The van der Waals surface area contributed by atoms with Crippen molar-refractivity contribution in [2.24, 2.45) is 11.8 Å². The lowest BCUT2D eigenvalue weighted by atomic mass is 9.94. The zero-order chi connectivity index (χ0) is 12.0. The Labute approximate surface area is 102 Å². The van der Waals surface area contributed by atoms with E-state index in [0.29, 0.717) is 5.92 Å². The summed E-state index contributed by atoms with van der Waals surface area (Å²) in [4.78, 5) is 1.21. The van der Waals surface area contributed by atoms with Crippen molar-refractivity contribution in [3.8, 4) is 0 Å². The van der Waals surface area contributed by atoms with Crippen molar-refractivity contribution in [1.82, 2.24) is 15.0 Å². The standard InChI is InChI=1S/C11H22N4S/c1-4-8(5-2)7-10(13-12)11-9(6-3)14-15-16-11/h8,10,13H,4-7,12H2,1-3H3. The summed E-state index contributed by atoms with van der Waals surface area (Å²) < 4.78 is 4.02. The average molecular weight is 242 g/mol. The molecule has 4 nitrogen and oxygen atoms in total. The predicted molar refractivity (Wildman–Crippen MR) is 68.0 cm³/mol. The number of hydrogen-bond donors (Lipinski definition) is 2. The van der Waals surface area contributed by atoms with Gasteiger partial charge in [-0.3, -0.25) is 11.3 Å². The Balaban J connectivity index is 2.73. The third kappa shape index (κ3) is 3.23. The van der Waals surface area contributed by atoms with Gasteiger partial charge in [0.1, 0.15) is 0 Å². The minimum absolute atomic E-state index is 0.208. The minimum atomic E-state index is 0.208. The van der Waals surface area contributed by atoms with Gasteiger partial charge < -0.3 is 0 Å². The maximum Gasteiger partial charge on any atom is 0.0801 e. The molecule has 0 fully saturated rings. The van der Waals surface area contributed by atoms with Gasteiger partial charge in [0.2, 0.25) is 0 Å². The number of nitrogens with one attached hydrogen (secondary N) is 1. The fraction of sp³-hybridized carbons (Fsp3) is 0.818. The van der Waals surface area contributed by atoms with E-state index in [0.717, 1.165) is 18.5 Å². The highest BCUT2D eigenvalue weighted by Crippen LogP contribution is 2.28. The lowest BCUT2D eigenvalue weighted by molar-refractivity contribution is 0.377. The summed E-state index contributed by atoms with van der Waals surface area (Å²) in [5.41, 5.74) is 3.99. The van der Waals surface area contributed by atoms with Gasteiger partial charge >= 0.3 is 0 Å². The second kappa shape index (κ2) is 6.93. The van der Waals surface area contributed by atoms with Crippen molar-refractivity contribution in [2.75, 3.05) is 0 Å². The van der Waals surface area contributed by atoms with E-state index >= 15 is 0 Å². The highest BCUT2D eigenvalue weighted by atomic mass is 32.1. The van der Waals surface area contributed by atoms with Gasteiger partial charge in [0.25, 0.3) is 0 Å². The Morgan fingerprint density at radius 3 is 2.50 bits per heavy atom. The molecule has 0 aromatic carbocycles. The van der Waals surface area contributed by atoms with Crippen LogP contribution in [-0.4, -0.2) is 9.59 Å². The number of nitrogens with zero attached hydrogens (tertiary/aromatic N) is 2. The largest absolute Gasteiger partial charge is 0.271 e. The number of hydrogen-bond acceptors (Lipinski definition) is 5. The first-order valence-corrected chi connectivity index (χ1v) is 6.81. The van der Waals surface area contributed by atoms with Gasteiger partial charge in [0.05, 0.1) is 16.6 Å². The molecule has 5 heteroatoms. The van der Waals surface area contributed by atoms with Gasteiger partial charge in [-0.05, 0) is 30.3 Å². The monoisotopic (exact) mass is 242 g/mol. The molecule has 0 amide bonds. The third-order valence-corrected chi connectivity index (χ3v) is 4.04. The second-order valence-electron chi connectivity index (χ2n) is 4.07. The van der Waals surface area contributed by atoms with E-state index in [1.165, 1.54) is 29.3 Å². The molecule has 1 unspecified atom stereocenters. The lowest BCUT2D eigenvalue weighted by Crippen LogP contribution is -2.29. The van der Waals surface area contributed by atoms with E-state index in [-0.39, 0.29) is 6.04 Å².